The highest BCUT2D eigenvalue weighted by Gasteiger charge is 2.57. The number of hydrogen-bond donors (Lipinski definition) is 1. The first-order valence-electron chi connectivity index (χ1n) is 11.3. The quantitative estimate of drug-likeness (QED) is 0.346. The van der Waals surface area contributed by atoms with Crippen molar-refractivity contribution in [2.75, 3.05) is 0 Å². The molecule has 2 aromatic carbocycles. The maximum absolute atomic E-state index is 13.7. The zero-order valence-electron chi connectivity index (χ0n) is 19.0. The molecule has 1 fully saturated rings. The van der Waals surface area contributed by atoms with Crippen molar-refractivity contribution in [3.8, 4) is 16.9 Å². The Bertz CT molecular complexity index is 1320. The molecule has 0 aliphatic heterocycles. The Labute approximate surface area is 204 Å². The van der Waals surface area contributed by atoms with Crippen LogP contribution in [0, 0.1) is 5.82 Å². The molecule has 1 N–H and O–H groups in total. The van der Waals surface area contributed by atoms with Crippen LogP contribution in [0.1, 0.15) is 30.5 Å². The smallest absolute Gasteiger partial charge is 0.406 e. The number of rotatable bonds is 7. The van der Waals surface area contributed by atoms with E-state index in [1.807, 2.05) is 0 Å². The molecule has 0 spiro atoms. The molecule has 1 aliphatic carbocycles. The van der Waals surface area contributed by atoms with Gasteiger partial charge in [0.05, 0.1) is 6.54 Å². The van der Waals surface area contributed by atoms with Crippen molar-refractivity contribution in [1.29, 1.82) is 0 Å². The first-order chi connectivity index (χ1) is 17.2. The van der Waals surface area contributed by atoms with E-state index >= 15 is 0 Å². The van der Waals surface area contributed by atoms with Gasteiger partial charge in [-0.3, -0.25) is 4.98 Å². The van der Waals surface area contributed by atoms with Gasteiger partial charge >= 0.3 is 6.36 Å². The fourth-order valence-corrected chi connectivity index (χ4v) is 4.93. The second-order valence-electron chi connectivity index (χ2n) is 8.90. The summed E-state index contributed by atoms with van der Waals surface area (Å²) in [6, 6.07) is 14.9. The summed E-state index contributed by atoms with van der Waals surface area (Å²) in [6.45, 7) is 0.0822. The van der Waals surface area contributed by atoms with Crippen LogP contribution in [-0.4, -0.2) is 31.2 Å². The van der Waals surface area contributed by atoms with Crippen LogP contribution < -0.4 is 4.74 Å². The summed E-state index contributed by atoms with van der Waals surface area (Å²) in [5.41, 5.74) is 0.0180. The molecule has 36 heavy (non-hydrogen) atoms. The monoisotopic (exact) mass is 498 g/mol. The Hall–Kier alpha value is -3.79. The van der Waals surface area contributed by atoms with E-state index in [1.54, 1.807) is 36.5 Å². The minimum absolute atomic E-state index is 0.0822. The van der Waals surface area contributed by atoms with E-state index < -0.39 is 23.2 Å². The van der Waals surface area contributed by atoms with Crippen molar-refractivity contribution in [1.82, 2.24) is 19.7 Å². The summed E-state index contributed by atoms with van der Waals surface area (Å²) >= 11 is 0. The number of ether oxygens (including phenoxy) is 1. The molecule has 4 aromatic rings. The van der Waals surface area contributed by atoms with Crippen molar-refractivity contribution in [2.45, 2.75) is 43.2 Å². The third-order valence-electron chi connectivity index (χ3n) is 6.83. The van der Waals surface area contributed by atoms with Crippen molar-refractivity contribution in [3.63, 3.8) is 0 Å². The van der Waals surface area contributed by atoms with E-state index in [0.717, 1.165) is 6.42 Å². The second-order valence-corrected chi connectivity index (χ2v) is 8.90. The zero-order valence-corrected chi connectivity index (χ0v) is 19.0. The molecule has 1 unspecified atom stereocenters. The van der Waals surface area contributed by atoms with Crippen molar-refractivity contribution in [3.05, 3.63) is 96.6 Å². The van der Waals surface area contributed by atoms with Crippen LogP contribution in [0.5, 0.6) is 5.75 Å². The predicted molar refractivity (Wildman–Crippen MR) is 122 cm³/mol. The molecule has 2 aromatic heterocycles. The highest BCUT2D eigenvalue weighted by atomic mass is 19.4. The molecule has 1 atom stereocenters. The highest BCUT2D eigenvalue weighted by molar-refractivity contribution is 5.64. The van der Waals surface area contributed by atoms with E-state index in [1.165, 1.54) is 47.7 Å². The molecule has 186 valence electrons. The van der Waals surface area contributed by atoms with Crippen LogP contribution in [0.25, 0.3) is 11.1 Å². The number of halogens is 4. The minimum atomic E-state index is -4.79. The van der Waals surface area contributed by atoms with E-state index in [9.17, 15) is 22.7 Å². The van der Waals surface area contributed by atoms with Gasteiger partial charge < -0.3 is 9.84 Å². The lowest BCUT2D eigenvalue weighted by Gasteiger charge is -2.53. The Morgan fingerprint density at radius 1 is 1.00 bits per heavy atom. The molecular weight excluding hydrogens is 476 g/mol. The Morgan fingerprint density at radius 3 is 2.36 bits per heavy atom. The second kappa shape index (κ2) is 9.02. The average Bonchev–Trinajstić information content (AvgIpc) is 3.31. The number of aliphatic hydroxyl groups is 1. The van der Waals surface area contributed by atoms with E-state index in [4.69, 9.17) is 0 Å². The van der Waals surface area contributed by atoms with Crippen molar-refractivity contribution in [2.24, 2.45) is 0 Å². The highest BCUT2D eigenvalue weighted by Crippen LogP contribution is 2.55. The van der Waals surface area contributed by atoms with Gasteiger partial charge in [0.1, 0.15) is 29.8 Å². The Kier molecular flexibility index (Phi) is 5.99. The van der Waals surface area contributed by atoms with Crippen LogP contribution >= 0.6 is 0 Å². The fourth-order valence-electron chi connectivity index (χ4n) is 4.93. The van der Waals surface area contributed by atoms with Crippen LogP contribution in [0.3, 0.4) is 0 Å². The molecule has 5 rings (SSSR count). The summed E-state index contributed by atoms with van der Waals surface area (Å²) in [4.78, 5) is 8.62. The number of benzene rings is 2. The van der Waals surface area contributed by atoms with Gasteiger partial charge in [-0.15, -0.1) is 13.2 Å². The number of hydrogen-bond acceptors (Lipinski definition) is 5. The molecule has 0 amide bonds. The summed E-state index contributed by atoms with van der Waals surface area (Å²) in [7, 11) is 0. The Morgan fingerprint density at radius 2 is 1.78 bits per heavy atom. The van der Waals surface area contributed by atoms with Crippen molar-refractivity contribution < 1.29 is 27.4 Å². The van der Waals surface area contributed by atoms with Gasteiger partial charge in [-0.1, -0.05) is 36.8 Å². The number of nitrogens with zero attached hydrogens (tertiary/aromatic N) is 4. The van der Waals surface area contributed by atoms with Gasteiger partial charge in [-0.2, -0.15) is 5.10 Å². The molecule has 10 heteroatoms. The molecule has 0 radical (unpaired) electrons. The lowest BCUT2D eigenvalue weighted by atomic mass is 9.54. The van der Waals surface area contributed by atoms with Crippen LogP contribution in [0.2, 0.25) is 0 Å². The fraction of sp³-hybridized carbons (Fsp3) is 0.269. The van der Waals surface area contributed by atoms with Crippen molar-refractivity contribution >= 4 is 0 Å². The van der Waals surface area contributed by atoms with Gasteiger partial charge in [0.2, 0.25) is 0 Å². The molecule has 6 nitrogen and oxygen atoms in total. The van der Waals surface area contributed by atoms with Gasteiger partial charge in [-0.05, 0) is 54.3 Å². The van der Waals surface area contributed by atoms with E-state index in [0.29, 0.717) is 35.2 Å². The number of aromatic nitrogens is 4. The normalized spacial score (nSPS) is 16.7. The number of pyridine rings is 1. The molecule has 0 bridgehead atoms. The maximum atomic E-state index is 13.7. The maximum Gasteiger partial charge on any atom is 0.573 e. The molecule has 2 heterocycles. The van der Waals surface area contributed by atoms with Crippen LogP contribution in [0.4, 0.5) is 17.6 Å². The Balaban J connectivity index is 1.52. The summed E-state index contributed by atoms with van der Waals surface area (Å²) in [5, 5.41) is 16.4. The average molecular weight is 498 g/mol. The third kappa shape index (κ3) is 4.44. The first-order valence-corrected chi connectivity index (χ1v) is 11.3. The van der Waals surface area contributed by atoms with Crippen LogP contribution in [0.15, 0.2) is 79.5 Å². The molecular formula is C26H22F4N4O2. The van der Waals surface area contributed by atoms with Gasteiger partial charge in [-0.25, -0.2) is 14.1 Å². The van der Waals surface area contributed by atoms with E-state index in [2.05, 4.69) is 19.8 Å². The van der Waals surface area contributed by atoms with E-state index in [-0.39, 0.29) is 12.3 Å². The summed E-state index contributed by atoms with van der Waals surface area (Å²) in [5.74, 6) is -0.734. The van der Waals surface area contributed by atoms with Gasteiger partial charge in [0.25, 0.3) is 0 Å². The first kappa shape index (κ1) is 23.9. The topological polar surface area (TPSA) is 73.1 Å². The van der Waals surface area contributed by atoms with Crippen LogP contribution in [-0.2, 0) is 17.6 Å². The molecule has 1 saturated carbocycles. The van der Waals surface area contributed by atoms with Gasteiger partial charge in [0, 0.05) is 22.9 Å². The summed E-state index contributed by atoms with van der Waals surface area (Å²) in [6.07, 6.45) is 1.80. The van der Waals surface area contributed by atoms with Gasteiger partial charge in [0.15, 0.2) is 0 Å². The lowest BCUT2D eigenvalue weighted by molar-refractivity contribution is -0.274. The molecule has 0 saturated heterocycles. The third-order valence-corrected chi connectivity index (χ3v) is 6.83. The standard InChI is InChI=1S/C26H22F4N4O2/c27-21-8-6-20(7-9-21)25(35,15-34-17-31-16-33-34)24(11-2-12-24)23-10-5-19(14-32-23)18-3-1-4-22(13-18)36-26(28,29)30/h1,3-10,13-14,16-17,35H,2,11-12,15H2. The SMILES string of the molecule is OC(Cn1cncn1)(c1ccc(F)cc1)C1(c2ccc(-c3cccc(OC(F)(F)F)c3)cn2)CCC1. The largest absolute Gasteiger partial charge is 0.573 e. The minimum Gasteiger partial charge on any atom is -0.406 e. The lowest BCUT2D eigenvalue weighted by Crippen LogP contribution is -2.56. The molecule has 1 aliphatic rings. The predicted octanol–water partition coefficient (Wildman–Crippen LogP) is 5.39. The number of alkyl halides is 3. The zero-order chi connectivity index (χ0) is 25.4. The summed E-state index contributed by atoms with van der Waals surface area (Å²) < 4.78 is 57.1.